The van der Waals surface area contributed by atoms with Crippen molar-refractivity contribution in [3.63, 3.8) is 0 Å². The minimum atomic E-state index is -0.326. The van der Waals surface area contributed by atoms with Gasteiger partial charge in [0.25, 0.3) is 5.91 Å². The molecule has 2 aromatic heterocycles. The third-order valence-electron chi connectivity index (χ3n) is 3.18. The number of hydrogen-bond acceptors (Lipinski definition) is 3. The lowest BCUT2D eigenvalue weighted by molar-refractivity contribution is 0.0944. The SMILES string of the molecule is O=C(NCc1ccncc1)c1cncn1-c1ccc(F)cc1. The maximum atomic E-state index is 13.0. The summed E-state index contributed by atoms with van der Waals surface area (Å²) >= 11 is 0. The number of amides is 1. The van der Waals surface area contributed by atoms with E-state index >= 15 is 0 Å². The number of rotatable bonds is 4. The second-order valence-electron chi connectivity index (χ2n) is 4.66. The average molecular weight is 296 g/mol. The number of carbonyl (C=O) groups excluding carboxylic acids is 1. The molecule has 1 N–H and O–H groups in total. The maximum Gasteiger partial charge on any atom is 0.270 e. The molecule has 0 saturated heterocycles. The van der Waals surface area contributed by atoms with E-state index in [1.165, 1.54) is 24.7 Å². The fourth-order valence-corrected chi connectivity index (χ4v) is 2.04. The van der Waals surface area contributed by atoms with Crippen LogP contribution >= 0.6 is 0 Å². The van der Waals surface area contributed by atoms with Crippen LogP contribution in [-0.4, -0.2) is 20.4 Å². The highest BCUT2D eigenvalue weighted by Gasteiger charge is 2.12. The first kappa shape index (κ1) is 13.9. The Bertz CT molecular complexity index is 768. The highest BCUT2D eigenvalue weighted by Crippen LogP contribution is 2.12. The molecule has 3 aromatic rings. The second-order valence-corrected chi connectivity index (χ2v) is 4.66. The van der Waals surface area contributed by atoms with Gasteiger partial charge < -0.3 is 5.32 Å². The number of aromatic nitrogens is 3. The van der Waals surface area contributed by atoms with Crippen LogP contribution in [0.25, 0.3) is 5.69 Å². The largest absolute Gasteiger partial charge is 0.347 e. The number of halogens is 1. The topological polar surface area (TPSA) is 59.8 Å². The molecule has 0 aliphatic rings. The standard InChI is InChI=1S/C16H13FN4O/c17-13-1-3-14(4-2-13)21-11-19-10-15(21)16(22)20-9-12-5-7-18-8-6-12/h1-8,10-11H,9H2,(H,20,22). The fraction of sp³-hybridized carbons (Fsp3) is 0.0625. The molecular formula is C16H13FN4O. The first-order valence-corrected chi connectivity index (χ1v) is 6.69. The Morgan fingerprint density at radius 3 is 2.55 bits per heavy atom. The molecule has 0 fully saturated rings. The molecule has 2 heterocycles. The summed E-state index contributed by atoms with van der Waals surface area (Å²) in [5.74, 6) is -0.578. The van der Waals surface area contributed by atoms with Crippen LogP contribution in [0.3, 0.4) is 0 Å². The van der Waals surface area contributed by atoms with Gasteiger partial charge in [-0.1, -0.05) is 0 Å². The first-order chi connectivity index (χ1) is 10.7. The molecule has 110 valence electrons. The minimum Gasteiger partial charge on any atom is -0.347 e. The fourth-order valence-electron chi connectivity index (χ4n) is 2.04. The van der Waals surface area contributed by atoms with E-state index in [9.17, 15) is 9.18 Å². The van der Waals surface area contributed by atoms with Gasteiger partial charge in [0.15, 0.2) is 0 Å². The van der Waals surface area contributed by atoms with E-state index in [4.69, 9.17) is 0 Å². The van der Waals surface area contributed by atoms with Crippen LogP contribution in [-0.2, 0) is 6.54 Å². The lowest BCUT2D eigenvalue weighted by atomic mass is 10.2. The Morgan fingerprint density at radius 2 is 1.82 bits per heavy atom. The number of imidazole rings is 1. The van der Waals surface area contributed by atoms with Gasteiger partial charge in [0.1, 0.15) is 11.5 Å². The molecule has 0 atom stereocenters. The van der Waals surface area contributed by atoms with Gasteiger partial charge in [0.2, 0.25) is 0 Å². The van der Waals surface area contributed by atoms with Gasteiger partial charge in [-0.3, -0.25) is 14.3 Å². The average Bonchev–Trinajstić information content (AvgIpc) is 3.04. The van der Waals surface area contributed by atoms with E-state index in [2.05, 4.69) is 15.3 Å². The summed E-state index contributed by atoms with van der Waals surface area (Å²) in [5, 5.41) is 2.82. The molecule has 0 aliphatic carbocycles. The third-order valence-corrected chi connectivity index (χ3v) is 3.18. The summed E-state index contributed by atoms with van der Waals surface area (Å²) < 4.78 is 14.6. The zero-order valence-corrected chi connectivity index (χ0v) is 11.6. The summed E-state index contributed by atoms with van der Waals surface area (Å²) in [4.78, 5) is 20.2. The molecule has 6 heteroatoms. The molecule has 22 heavy (non-hydrogen) atoms. The summed E-state index contributed by atoms with van der Waals surface area (Å²) in [6.45, 7) is 0.399. The molecule has 0 spiro atoms. The van der Waals surface area contributed by atoms with Gasteiger partial charge in [-0.25, -0.2) is 9.37 Å². The van der Waals surface area contributed by atoms with Crippen LogP contribution in [0.1, 0.15) is 16.1 Å². The van der Waals surface area contributed by atoms with Gasteiger partial charge in [0.05, 0.1) is 12.5 Å². The van der Waals surface area contributed by atoms with Gasteiger partial charge in [-0.15, -0.1) is 0 Å². The Balaban J connectivity index is 1.76. The zero-order valence-electron chi connectivity index (χ0n) is 11.6. The lowest BCUT2D eigenvalue weighted by Crippen LogP contribution is -2.25. The van der Waals surface area contributed by atoms with E-state index in [0.29, 0.717) is 17.9 Å². The van der Waals surface area contributed by atoms with E-state index in [1.807, 2.05) is 12.1 Å². The van der Waals surface area contributed by atoms with Crippen molar-refractivity contribution in [3.8, 4) is 5.69 Å². The molecule has 0 saturated carbocycles. The molecule has 1 amide bonds. The van der Waals surface area contributed by atoms with Crippen molar-refractivity contribution in [1.82, 2.24) is 19.9 Å². The Kier molecular flexibility index (Phi) is 3.91. The molecule has 1 aromatic carbocycles. The highest BCUT2D eigenvalue weighted by atomic mass is 19.1. The number of carbonyl (C=O) groups is 1. The normalized spacial score (nSPS) is 10.4. The first-order valence-electron chi connectivity index (χ1n) is 6.69. The molecule has 0 bridgehead atoms. The van der Waals surface area contributed by atoms with Crippen molar-refractivity contribution < 1.29 is 9.18 Å². The number of hydrogen-bond donors (Lipinski definition) is 1. The molecule has 0 unspecified atom stereocenters. The van der Waals surface area contributed by atoms with Crippen LogP contribution in [0.2, 0.25) is 0 Å². The zero-order chi connectivity index (χ0) is 15.4. The quantitative estimate of drug-likeness (QED) is 0.804. The maximum absolute atomic E-state index is 13.0. The van der Waals surface area contributed by atoms with Crippen molar-refractivity contribution in [2.75, 3.05) is 0 Å². The minimum absolute atomic E-state index is 0.251. The van der Waals surface area contributed by atoms with Crippen molar-refractivity contribution in [1.29, 1.82) is 0 Å². The van der Waals surface area contributed by atoms with Crippen LogP contribution in [0.5, 0.6) is 0 Å². The number of nitrogens with zero attached hydrogens (tertiary/aromatic N) is 3. The van der Waals surface area contributed by atoms with E-state index in [1.54, 1.807) is 29.1 Å². The Labute approximate surface area is 126 Å². The van der Waals surface area contributed by atoms with E-state index < -0.39 is 0 Å². The van der Waals surface area contributed by atoms with Crippen molar-refractivity contribution in [3.05, 3.63) is 78.4 Å². The van der Waals surface area contributed by atoms with Crippen molar-refractivity contribution in [2.45, 2.75) is 6.54 Å². The summed E-state index contributed by atoms with van der Waals surface area (Å²) in [6.07, 6.45) is 6.34. The van der Waals surface area contributed by atoms with Crippen LogP contribution in [0, 0.1) is 5.82 Å². The summed E-state index contributed by atoms with van der Waals surface area (Å²) in [5.41, 5.74) is 2.02. The van der Waals surface area contributed by atoms with E-state index in [-0.39, 0.29) is 11.7 Å². The summed E-state index contributed by atoms with van der Waals surface area (Å²) in [6, 6.07) is 9.53. The number of pyridine rings is 1. The van der Waals surface area contributed by atoms with Crippen molar-refractivity contribution in [2.24, 2.45) is 0 Å². The monoisotopic (exact) mass is 296 g/mol. The predicted molar refractivity (Wildman–Crippen MR) is 78.9 cm³/mol. The smallest absolute Gasteiger partial charge is 0.270 e. The van der Waals surface area contributed by atoms with Gasteiger partial charge in [0, 0.05) is 24.6 Å². The lowest BCUT2D eigenvalue weighted by Gasteiger charge is -2.09. The van der Waals surface area contributed by atoms with Crippen LogP contribution in [0.4, 0.5) is 4.39 Å². The molecular weight excluding hydrogens is 283 g/mol. The molecule has 0 radical (unpaired) electrons. The van der Waals surface area contributed by atoms with Crippen LogP contribution < -0.4 is 5.32 Å². The Morgan fingerprint density at radius 1 is 1.09 bits per heavy atom. The predicted octanol–water partition coefficient (Wildman–Crippen LogP) is 2.34. The third kappa shape index (κ3) is 3.01. The second kappa shape index (κ2) is 6.17. The molecule has 0 aliphatic heterocycles. The van der Waals surface area contributed by atoms with E-state index in [0.717, 1.165) is 5.56 Å². The van der Waals surface area contributed by atoms with Crippen LogP contribution in [0.15, 0.2) is 61.3 Å². The van der Waals surface area contributed by atoms with Gasteiger partial charge >= 0.3 is 0 Å². The number of nitrogens with one attached hydrogen (secondary N) is 1. The Hall–Kier alpha value is -3.02. The molecule has 3 rings (SSSR count). The molecule has 5 nitrogen and oxygen atoms in total. The summed E-state index contributed by atoms with van der Waals surface area (Å²) in [7, 11) is 0. The van der Waals surface area contributed by atoms with Gasteiger partial charge in [-0.05, 0) is 42.0 Å². The van der Waals surface area contributed by atoms with Gasteiger partial charge in [-0.2, -0.15) is 0 Å². The van der Waals surface area contributed by atoms with Crippen molar-refractivity contribution >= 4 is 5.91 Å². The highest BCUT2D eigenvalue weighted by molar-refractivity contribution is 5.92. The number of benzene rings is 1.